The van der Waals surface area contributed by atoms with E-state index >= 15 is 0 Å². The molecule has 0 amide bonds. The quantitative estimate of drug-likeness (QED) is 0.393. The van der Waals surface area contributed by atoms with Crippen molar-refractivity contribution < 1.29 is 9.53 Å². The van der Waals surface area contributed by atoms with Gasteiger partial charge < -0.3 is 4.74 Å². The number of carbonyl (C=O) groups is 1. The van der Waals surface area contributed by atoms with Crippen LogP contribution >= 0.6 is 11.3 Å². The Morgan fingerprint density at radius 1 is 1.03 bits per heavy atom. The van der Waals surface area contributed by atoms with E-state index in [0.29, 0.717) is 5.92 Å². The number of hydrogen-bond donors (Lipinski definition) is 0. The maximum Gasteiger partial charge on any atom is 0.160 e. The van der Waals surface area contributed by atoms with Crippen LogP contribution in [0.4, 0.5) is 0 Å². The fourth-order valence-corrected chi connectivity index (χ4v) is 4.91. The summed E-state index contributed by atoms with van der Waals surface area (Å²) in [5.41, 5.74) is 3.74. The Kier molecular flexibility index (Phi) is 9.81. The molecule has 0 N–H and O–H groups in total. The number of thiophene rings is 1. The summed E-state index contributed by atoms with van der Waals surface area (Å²) < 4.78 is 6.16. The SMILES string of the molecule is CC.CCC(CC)(c1ccc(OCC(C)C(C)(C)C)c(C)c1)c1cc(C)c(C=O)s1. The number of hydrogen-bond acceptors (Lipinski definition) is 3. The summed E-state index contributed by atoms with van der Waals surface area (Å²) in [5.74, 6) is 1.45. The van der Waals surface area contributed by atoms with Gasteiger partial charge in [0.1, 0.15) is 5.75 Å². The molecule has 168 valence electrons. The second kappa shape index (κ2) is 11.1. The molecule has 2 nitrogen and oxygen atoms in total. The molecule has 0 aliphatic carbocycles. The van der Waals surface area contributed by atoms with Gasteiger partial charge in [-0.15, -0.1) is 11.3 Å². The molecule has 3 heteroatoms. The molecule has 2 rings (SSSR count). The van der Waals surface area contributed by atoms with E-state index in [-0.39, 0.29) is 10.8 Å². The van der Waals surface area contributed by atoms with Crippen LogP contribution in [0.1, 0.15) is 99.5 Å². The molecule has 1 unspecified atom stereocenters. The smallest absolute Gasteiger partial charge is 0.160 e. The monoisotopic (exact) mass is 430 g/mol. The topological polar surface area (TPSA) is 26.3 Å². The number of ether oxygens (including phenoxy) is 1. The van der Waals surface area contributed by atoms with Crippen molar-refractivity contribution in [3.63, 3.8) is 0 Å². The third kappa shape index (κ3) is 5.75. The maximum absolute atomic E-state index is 11.4. The first kappa shape index (κ1) is 26.4. The summed E-state index contributed by atoms with van der Waals surface area (Å²) in [5, 5.41) is 0. The van der Waals surface area contributed by atoms with E-state index < -0.39 is 0 Å². The average Bonchev–Trinajstić information content (AvgIpc) is 3.10. The molecule has 2 aromatic rings. The second-order valence-electron chi connectivity index (χ2n) is 9.12. The van der Waals surface area contributed by atoms with Gasteiger partial charge in [0.25, 0.3) is 0 Å². The normalized spacial score (nSPS) is 12.7. The van der Waals surface area contributed by atoms with Crippen LogP contribution in [0.25, 0.3) is 0 Å². The van der Waals surface area contributed by atoms with Gasteiger partial charge in [0.05, 0.1) is 11.5 Å². The number of aldehydes is 1. The Morgan fingerprint density at radius 2 is 1.63 bits per heavy atom. The van der Waals surface area contributed by atoms with E-state index in [1.807, 2.05) is 20.8 Å². The molecule has 1 heterocycles. The molecule has 0 aliphatic rings. The van der Waals surface area contributed by atoms with Crippen LogP contribution in [0.3, 0.4) is 0 Å². The Bertz CT molecular complexity index is 807. The minimum Gasteiger partial charge on any atom is -0.493 e. The molecule has 0 saturated carbocycles. The van der Waals surface area contributed by atoms with Crippen LogP contribution in [0.2, 0.25) is 0 Å². The summed E-state index contributed by atoms with van der Waals surface area (Å²) in [6, 6.07) is 8.82. The minimum absolute atomic E-state index is 0.0569. The van der Waals surface area contributed by atoms with Gasteiger partial charge in [0, 0.05) is 10.3 Å². The van der Waals surface area contributed by atoms with Crippen molar-refractivity contribution in [1.29, 1.82) is 0 Å². The first-order valence-corrected chi connectivity index (χ1v) is 12.2. The Labute approximate surface area is 189 Å². The van der Waals surface area contributed by atoms with Crippen molar-refractivity contribution >= 4 is 17.6 Å². The van der Waals surface area contributed by atoms with Gasteiger partial charge in [-0.3, -0.25) is 4.79 Å². The zero-order valence-corrected chi connectivity index (χ0v) is 21.6. The molecule has 1 aromatic heterocycles. The van der Waals surface area contributed by atoms with Gasteiger partial charge in [0.15, 0.2) is 6.29 Å². The lowest BCUT2D eigenvalue weighted by atomic mass is 9.74. The predicted octanol–water partition coefficient (Wildman–Crippen LogP) is 8.37. The van der Waals surface area contributed by atoms with Crippen molar-refractivity contribution in [2.75, 3.05) is 6.61 Å². The fraction of sp³-hybridized carbons (Fsp3) is 0.593. The van der Waals surface area contributed by atoms with E-state index in [1.54, 1.807) is 11.3 Å². The Morgan fingerprint density at radius 3 is 2.07 bits per heavy atom. The largest absolute Gasteiger partial charge is 0.493 e. The lowest BCUT2D eigenvalue weighted by molar-refractivity contribution is 0.112. The second-order valence-corrected chi connectivity index (χ2v) is 10.2. The number of carbonyl (C=O) groups excluding carboxylic acids is 1. The first-order valence-electron chi connectivity index (χ1n) is 11.4. The third-order valence-electron chi connectivity index (χ3n) is 6.44. The standard InChI is InChI=1S/C25H36O2S.C2H6/c1-9-25(10-2,23-14-18(4)22(15-26)28-23)20-11-12-21(17(3)13-20)27-16-19(5)24(6,7)8;1-2/h11-15,19H,9-10,16H2,1-8H3;1-2H3. The number of benzene rings is 1. The van der Waals surface area contributed by atoms with Gasteiger partial charge in [-0.1, -0.05) is 67.5 Å². The van der Waals surface area contributed by atoms with E-state index in [1.165, 1.54) is 16.0 Å². The predicted molar refractivity (Wildman–Crippen MR) is 132 cm³/mol. The molecule has 0 spiro atoms. The highest BCUT2D eigenvalue weighted by Crippen LogP contribution is 2.44. The van der Waals surface area contributed by atoms with Crippen LogP contribution in [0.5, 0.6) is 5.75 Å². The molecule has 0 bridgehead atoms. The summed E-state index contributed by atoms with van der Waals surface area (Å²) >= 11 is 1.64. The van der Waals surface area contributed by atoms with E-state index in [2.05, 4.69) is 72.7 Å². The maximum atomic E-state index is 11.4. The first-order chi connectivity index (χ1) is 14.1. The number of aryl methyl sites for hydroxylation is 2. The molecular weight excluding hydrogens is 388 g/mol. The van der Waals surface area contributed by atoms with Crippen molar-refractivity contribution in [3.05, 3.63) is 50.7 Å². The summed E-state index contributed by atoms with van der Waals surface area (Å²) in [7, 11) is 0. The Balaban J connectivity index is 0.00000218. The zero-order chi connectivity index (χ0) is 23.1. The van der Waals surface area contributed by atoms with Gasteiger partial charge >= 0.3 is 0 Å². The van der Waals surface area contributed by atoms with Crippen molar-refractivity contribution in [1.82, 2.24) is 0 Å². The van der Waals surface area contributed by atoms with Crippen LogP contribution in [0.15, 0.2) is 24.3 Å². The Hall–Kier alpha value is -1.61. The highest BCUT2D eigenvalue weighted by molar-refractivity contribution is 7.14. The highest BCUT2D eigenvalue weighted by Gasteiger charge is 2.33. The highest BCUT2D eigenvalue weighted by atomic mass is 32.1. The molecule has 1 atom stereocenters. The van der Waals surface area contributed by atoms with Crippen molar-refractivity contribution in [2.45, 2.75) is 87.5 Å². The van der Waals surface area contributed by atoms with E-state index in [0.717, 1.165) is 41.9 Å². The zero-order valence-electron chi connectivity index (χ0n) is 20.8. The van der Waals surface area contributed by atoms with Gasteiger partial charge in [0.2, 0.25) is 0 Å². The van der Waals surface area contributed by atoms with Crippen molar-refractivity contribution in [3.8, 4) is 5.75 Å². The van der Waals surface area contributed by atoms with Crippen LogP contribution in [-0.4, -0.2) is 12.9 Å². The van der Waals surface area contributed by atoms with Crippen LogP contribution in [0, 0.1) is 25.2 Å². The molecular formula is C27H42O2S. The molecule has 30 heavy (non-hydrogen) atoms. The fourth-order valence-electron chi connectivity index (χ4n) is 3.57. The van der Waals surface area contributed by atoms with E-state index in [9.17, 15) is 4.79 Å². The van der Waals surface area contributed by atoms with Gasteiger partial charge in [-0.2, -0.15) is 0 Å². The summed E-state index contributed by atoms with van der Waals surface area (Å²) in [6.45, 7) is 22.4. The molecule has 0 aliphatic heterocycles. The van der Waals surface area contributed by atoms with Gasteiger partial charge in [-0.05, 0) is 66.8 Å². The van der Waals surface area contributed by atoms with E-state index in [4.69, 9.17) is 4.74 Å². The van der Waals surface area contributed by atoms with Crippen LogP contribution < -0.4 is 4.74 Å². The van der Waals surface area contributed by atoms with Crippen molar-refractivity contribution in [2.24, 2.45) is 11.3 Å². The minimum atomic E-state index is -0.0569. The average molecular weight is 431 g/mol. The summed E-state index contributed by atoms with van der Waals surface area (Å²) in [4.78, 5) is 13.5. The number of rotatable bonds is 8. The molecule has 1 aromatic carbocycles. The molecule has 0 saturated heterocycles. The third-order valence-corrected chi connectivity index (χ3v) is 7.80. The lowest BCUT2D eigenvalue weighted by Gasteiger charge is -2.32. The lowest BCUT2D eigenvalue weighted by Crippen LogP contribution is -2.25. The molecule has 0 fully saturated rings. The van der Waals surface area contributed by atoms with Crippen LogP contribution in [-0.2, 0) is 5.41 Å². The van der Waals surface area contributed by atoms with Gasteiger partial charge in [-0.25, -0.2) is 0 Å². The molecule has 0 radical (unpaired) electrons. The summed E-state index contributed by atoms with van der Waals surface area (Å²) in [6.07, 6.45) is 2.99.